The van der Waals surface area contributed by atoms with Gasteiger partial charge in [-0.15, -0.1) is 0 Å². The van der Waals surface area contributed by atoms with Crippen LogP contribution in [0, 0.1) is 0 Å². The van der Waals surface area contributed by atoms with Gasteiger partial charge in [0.05, 0.1) is 6.20 Å². The fourth-order valence-electron chi connectivity index (χ4n) is 2.36. The molecule has 0 fully saturated rings. The molecule has 0 bridgehead atoms. The molecular weight excluding hydrogens is 300 g/mol. The lowest BCUT2D eigenvalue weighted by atomic mass is 10.1. The van der Waals surface area contributed by atoms with Crippen LogP contribution in [0.4, 0.5) is 0 Å². The van der Waals surface area contributed by atoms with Crippen molar-refractivity contribution in [2.45, 2.75) is 19.5 Å². The number of nitrogens with one attached hydrogen (secondary N) is 1. The number of likely N-dealkylation sites (N-methyl/N-ethyl adjacent to an activating group) is 2. The molecule has 2 aromatic rings. The van der Waals surface area contributed by atoms with Crippen molar-refractivity contribution in [3.05, 3.63) is 52.8 Å². The summed E-state index contributed by atoms with van der Waals surface area (Å²) in [5.74, 6) is 0.0351. The summed E-state index contributed by atoms with van der Waals surface area (Å²) in [5.41, 5.74) is 1.92. The number of hydrogen-bond acceptors (Lipinski definition) is 3. The minimum atomic E-state index is -0.388. The van der Waals surface area contributed by atoms with Gasteiger partial charge in [-0.3, -0.25) is 9.48 Å². The third-order valence-electron chi connectivity index (χ3n) is 3.57. The standard InChI is InChI=1S/C16H21ClN4O/c1-4-21(10-12-5-7-14(17)8-6-12)16(22)15(18-2)13-9-19-20(3)11-13/h5-9,11,15,18H,4,10H2,1-3H3. The van der Waals surface area contributed by atoms with Gasteiger partial charge in [0.15, 0.2) is 0 Å². The summed E-state index contributed by atoms with van der Waals surface area (Å²) in [5, 5.41) is 7.91. The maximum Gasteiger partial charge on any atom is 0.244 e. The van der Waals surface area contributed by atoms with Gasteiger partial charge in [0.2, 0.25) is 5.91 Å². The van der Waals surface area contributed by atoms with E-state index in [1.165, 1.54) is 0 Å². The van der Waals surface area contributed by atoms with Crippen LogP contribution in [0.3, 0.4) is 0 Å². The highest BCUT2D eigenvalue weighted by Crippen LogP contribution is 2.17. The maximum atomic E-state index is 12.8. The molecule has 2 rings (SSSR count). The number of amides is 1. The SMILES string of the molecule is CCN(Cc1ccc(Cl)cc1)C(=O)C(NC)c1cnn(C)c1. The number of rotatable bonds is 6. The van der Waals surface area contributed by atoms with Crippen LogP contribution in [-0.4, -0.2) is 34.2 Å². The first-order chi connectivity index (χ1) is 10.5. The van der Waals surface area contributed by atoms with Crippen molar-refractivity contribution in [3.63, 3.8) is 0 Å². The summed E-state index contributed by atoms with van der Waals surface area (Å²) < 4.78 is 1.70. The Morgan fingerprint density at radius 1 is 1.41 bits per heavy atom. The van der Waals surface area contributed by atoms with Crippen molar-refractivity contribution in [3.8, 4) is 0 Å². The second-order valence-electron chi connectivity index (χ2n) is 5.15. The average Bonchev–Trinajstić information content (AvgIpc) is 2.93. The zero-order valence-corrected chi connectivity index (χ0v) is 13.8. The molecule has 0 saturated heterocycles. The normalized spacial score (nSPS) is 12.2. The lowest BCUT2D eigenvalue weighted by Gasteiger charge is -2.25. The Kier molecular flexibility index (Phi) is 5.57. The predicted molar refractivity (Wildman–Crippen MR) is 87.6 cm³/mol. The summed E-state index contributed by atoms with van der Waals surface area (Å²) in [4.78, 5) is 14.6. The van der Waals surface area contributed by atoms with Crippen LogP contribution in [-0.2, 0) is 18.4 Å². The van der Waals surface area contributed by atoms with Gasteiger partial charge in [-0.25, -0.2) is 0 Å². The highest BCUT2D eigenvalue weighted by molar-refractivity contribution is 6.30. The van der Waals surface area contributed by atoms with Crippen molar-refractivity contribution in [1.82, 2.24) is 20.0 Å². The van der Waals surface area contributed by atoms with Crippen LogP contribution in [0.2, 0.25) is 5.02 Å². The van der Waals surface area contributed by atoms with Gasteiger partial charge in [-0.1, -0.05) is 23.7 Å². The largest absolute Gasteiger partial charge is 0.337 e. The molecule has 118 valence electrons. The third kappa shape index (κ3) is 3.87. The van der Waals surface area contributed by atoms with Crippen LogP contribution in [0.25, 0.3) is 0 Å². The molecule has 1 aromatic heterocycles. The van der Waals surface area contributed by atoms with E-state index in [4.69, 9.17) is 11.6 Å². The summed E-state index contributed by atoms with van der Waals surface area (Å²) in [6, 6.07) is 7.17. The van der Waals surface area contributed by atoms with Crippen molar-refractivity contribution >= 4 is 17.5 Å². The topological polar surface area (TPSA) is 50.2 Å². The number of carbonyl (C=O) groups is 1. The molecule has 22 heavy (non-hydrogen) atoms. The molecular formula is C16H21ClN4O. The Hall–Kier alpha value is -1.85. The second-order valence-corrected chi connectivity index (χ2v) is 5.58. The van der Waals surface area contributed by atoms with Crippen LogP contribution in [0.1, 0.15) is 24.1 Å². The molecule has 0 radical (unpaired) electrons. The Morgan fingerprint density at radius 3 is 2.59 bits per heavy atom. The quantitative estimate of drug-likeness (QED) is 0.889. The first-order valence-corrected chi connectivity index (χ1v) is 7.62. The highest BCUT2D eigenvalue weighted by Gasteiger charge is 2.24. The number of aromatic nitrogens is 2. The molecule has 1 N–H and O–H groups in total. The number of aryl methyl sites for hydroxylation is 1. The van der Waals surface area contributed by atoms with E-state index in [0.717, 1.165) is 11.1 Å². The van der Waals surface area contributed by atoms with Crippen molar-refractivity contribution < 1.29 is 4.79 Å². The van der Waals surface area contributed by atoms with Gasteiger partial charge in [0, 0.05) is 36.9 Å². The van der Waals surface area contributed by atoms with Crippen LogP contribution in [0.5, 0.6) is 0 Å². The van der Waals surface area contributed by atoms with E-state index in [9.17, 15) is 4.79 Å². The fraction of sp³-hybridized carbons (Fsp3) is 0.375. The van der Waals surface area contributed by atoms with E-state index in [1.807, 2.05) is 49.3 Å². The number of halogens is 1. The van der Waals surface area contributed by atoms with E-state index in [2.05, 4.69) is 10.4 Å². The molecule has 0 saturated carbocycles. The third-order valence-corrected chi connectivity index (χ3v) is 3.83. The van der Waals surface area contributed by atoms with Crippen LogP contribution < -0.4 is 5.32 Å². The summed E-state index contributed by atoms with van der Waals surface area (Å²) in [6.45, 7) is 3.18. The maximum absolute atomic E-state index is 12.8. The molecule has 0 aliphatic carbocycles. The lowest BCUT2D eigenvalue weighted by Crippen LogP contribution is -2.39. The molecule has 1 atom stereocenters. The molecule has 6 heteroatoms. The van der Waals surface area contributed by atoms with E-state index in [1.54, 1.807) is 17.9 Å². The highest BCUT2D eigenvalue weighted by atomic mass is 35.5. The molecule has 1 unspecified atom stereocenters. The molecule has 1 amide bonds. The van der Waals surface area contributed by atoms with Crippen LogP contribution in [0.15, 0.2) is 36.7 Å². The Balaban J connectivity index is 2.14. The lowest BCUT2D eigenvalue weighted by molar-refractivity contribution is -0.133. The average molecular weight is 321 g/mol. The molecule has 0 aliphatic rings. The van der Waals surface area contributed by atoms with Gasteiger partial charge >= 0.3 is 0 Å². The number of benzene rings is 1. The second kappa shape index (κ2) is 7.42. The van der Waals surface area contributed by atoms with E-state index in [0.29, 0.717) is 18.1 Å². The fourth-order valence-corrected chi connectivity index (χ4v) is 2.49. The number of hydrogen-bond donors (Lipinski definition) is 1. The minimum Gasteiger partial charge on any atom is -0.337 e. The summed E-state index contributed by atoms with van der Waals surface area (Å²) in [6.07, 6.45) is 3.57. The van der Waals surface area contributed by atoms with Crippen molar-refractivity contribution in [2.24, 2.45) is 7.05 Å². The molecule has 1 heterocycles. The molecule has 0 aliphatic heterocycles. The van der Waals surface area contributed by atoms with Crippen molar-refractivity contribution in [2.75, 3.05) is 13.6 Å². The monoisotopic (exact) mass is 320 g/mol. The van der Waals surface area contributed by atoms with E-state index < -0.39 is 0 Å². The van der Waals surface area contributed by atoms with Gasteiger partial charge in [0.25, 0.3) is 0 Å². The zero-order valence-electron chi connectivity index (χ0n) is 13.1. The first-order valence-electron chi connectivity index (χ1n) is 7.24. The first kappa shape index (κ1) is 16.5. The van der Waals surface area contributed by atoms with Gasteiger partial charge in [-0.2, -0.15) is 5.10 Å². The van der Waals surface area contributed by atoms with Crippen LogP contribution >= 0.6 is 11.6 Å². The minimum absolute atomic E-state index is 0.0351. The Bertz CT molecular complexity index is 623. The number of nitrogens with zero attached hydrogens (tertiary/aromatic N) is 3. The van der Waals surface area contributed by atoms with Gasteiger partial charge in [0.1, 0.15) is 6.04 Å². The van der Waals surface area contributed by atoms with Gasteiger partial charge in [-0.05, 0) is 31.7 Å². The predicted octanol–water partition coefficient (Wildman–Crippen LogP) is 2.38. The van der Waals surface area contributed by atoms with Gasteiger partial charge < -0.3 is 10.2 Å². The molecule has 0 spiro atoms. The summed E-state index contributed by atoms with van der Waals surface area (Å²) >= 11 is 5.90. The molecule has 1 aromatic carbocycles. The van der Waals surface area contributed by atoms with E-state index in [-0.39, 0.29) is 11.9 Å². The molecule has 5 nitrogen and oxygen atoms in total. The number of carbonyl (C=O) groups excluding carboxylic acids is 1. The summed E-state index contributed by atoms with van der Waals surface area (Å²) in [7, 11) is 3.62. The smallest absolute Gasteiger partial charge is 0.244 e. The van der Waals surface area contributed by atoms with E-state index >= 15 is 0 Å². The zero-order chi connectivity index (χ0) is 16.1. The Labute approximate surface area is 135 Å². The Morgan fingerprint density at radius 2 is 2.09 bits per heavy atom. The van der Waals surface area contributed by atoms with Crippen molar-refractivity contribution in [1.29, 1.82) is 0 Å².